The molecule has 0 aliphatic carbocycles. The second-order valence-corrected chi connectivity index (χ2v) is 13.8. The number of nitrogens with zero attached hydrogens (tertiary/aromatic N) is 2. The van der Waals surface area contributed by atoms with Crippen LogP contribution >= 0.6 is 0 Å². The lowest BCUT2D eigenvalue weighted by molar-refractivity contribution is -0.121. The molecule has 1 atom stereocenters. The number of rotatable bonds is 9. The van der Waals surface area contributed by atoms with Crippen molar-refractivity contribution < 1.29 is 45.3 Å². The van der Waals surface area contributed by atoms with E-state index >= 15 is 0 Å². The summed E-state index contributed by atoms with van der Waals surface area (Å²) in [6, 6.07) is 33.5. The first-order valence-corrected chi connectivity index (χ1v) is 17.7. The Hall–Kier alpha value is -7.14. The molecule has 2 amide bonds. The molecule has 0 aromatic heterocycles. The Labute approximate surface area is 315 Å². The Kier molecular flexibility index (Phi) is 8.29. The minimum Gasteiger partial charge on any atom is -0.508 e. The molecule has 0 bridgehead atoms. The van der Waals surface area contributed by atoms with Crippen LogP contribution in [0.25, 0.3) is 0 Å². The number of para-hydroxylation sites is 2. The maximum absolute atomic E-state index is 14.9. The number of fused-ring (bicyclic) bond motifs is 2. The van der Waals surface area contributed by atoms with E-state index in [1.165, 1.54) is 48.5 Å². The third-order valence-corrected chi connectivity index (χ3v) is 10.8. The Bertz CT molecular complexity index is 2470. The Balaban J connectivity index is 1.13. The van der Waals surface area contributed by atoms with Crippen LogP contribution in [-0.4, -0.2) is 60.6 Å². The summed E-state index contributed by atoms with van der Waals surface area (Å²) >= 11 is 0. The summed E-state index contributed by atoms with van der Waals surface area (Å²) in [4.78, 5) is 33.2. The van der Waals surface area contributed by atoms with E-state index in [2.05, 4.69) is 0 Å². The number of aromatic hydroxyl groups is 7. The van der Waals surface area contributed by atoms with Crippen molar-refractivity contribution in [3.8, 4) is 40.2 Å². The molecule has 2 aliphatic rings. The van der Waals surface area contributed by atoms with Crippen LogP contribution < -0.4 is 9.80 Å². The zero-order chi connectivity index (χ0) is 38.6. The van der Waals surface area contributed by atoms with Gasteiger partial charge in [-0.2, -0.15) is 0 Å². The smallest absolute Gasteiger partial charge is 0.246 e. The van der Waals surface area contributed by atoms with Crippen molar-refractivity contribution in [3.05, 3.63) is 161 Å². The van der Waals surface area contributed by atoms with Crippen molar-refractivity contribution >= 4 is 23.2 Å². The maximum atomic E-state index is 14.9. The van der Waals surface area contributed by atoms with Crippen molar-refractivity contribution in [1.29, 1.82) is 0 Å². The van der Waals surface area contributed by atoms with Crippen LogP contribution in [0, 0.1) is 0 Å². The Morgan fingerprint density at radius 1 is 0.400 bits per heavy atom. The zero-order valence-electron chi connectivity index (χ0n) is 29.3. The average Bonchev–Trinajstić information content (AvgIpc) is 3.58. The highest BCUT2D eigenvalue weighted by Crippen LogP contribution is 2.54. The maximum Gasteiger partial charge on any atom is 0.246 e. The van der Waals surface area contributed by atoms with Crippen LogP contribution in [0.1, 0.15) is 46.2 Å². The van der Waals surface area contributed by atoms with E-state index in [9.17, 15) is 45.3 Å². The van der Waals surface area contributed by atoms with Crippen molar-refractivity contribution in [1.82, 2.24) is 0 Å². The van der Waals surface area contributed by atoms with Crippen LogP contribution in [-0.2, 0) is 20.4 Å². The summed E-state index contributed by atoms with van der Waals surface area (Å²) in [5.74, 6) is -3.04. The molecule has 2 heterocycles. The second-order valence-electron chi connectivity index (χ2n) is 13.8. The number of phenols is 7. The van der Waals surface area contributed by atoms with Crippen molar-refractivity contribution in [3.63, 3.8) is 0 Å². The monoisotopic (exact) mass is 736 g/mol. The molecule has 0 radical (unpaired) electrons. The van der Waals surface area contributed by atoms with E-state index in [1.807, 2.05) is 30.3 Å². The lowest BCUT2D eigenvalue weighted by Gasteiger charge is -2.31. The molecule has 0 saturated heterocycles. The predicted molar refractivity (Wildman–Crippen MR) is 204 cm³/mol. The third kappa shape index (κ3) is 5.19. The molecular formula is C44H36N2O9. The molecule has 276 valence electrons. The molecule has 0 fully saturated rings. The lowest BCUT2D eigenvalue weighted by Crippen LogP contribution is -2.43. The first kappa shape index (κ1) is 34.9. The first-order valence-electron chi connectivity index (χ1n) is 17.7. The molecule has 2 aliphatic heterocycles. The SMILES string of the molecule is O=C1N(CCCCN2C(=O)C(c3ccc(O)c(O)c3)(c3ccc(O)c(O)c3)c3ccccc32)c2ccccc2C1(c1cccc(O)c1)c1ccc(O)c(O)c1. The van der Waals surface area contributed by atoms with Gasteiger partial charge in [-0.1, -0.05) is 66.7 Å². The number of anilines is 2. The van der Waals surface area contributed by atoms with E-state index in [0.717, 1.165) is 0 Å². The van der Waals surface area contributed by atoms with E-state index in [1.54, 1.807) is 58.3 Å². The van der Waals surface area contributed by atoms with Gasteiger partial charge in [-0.05, 0) is 95.8 Å². The van der Waals surface area contributed by atoms with Gasteiger partial charge >= 0.3 is 0 Å². The molecule has 11 nitrogen and oxygen atoms in total. The van der Waals surface area contributed by atoms with E-state index in [4.69, 9.17) is 0 Å². The summed E-state index contributed by atoms with van der Waals surface area (Å²) in [6.45, 7) is 0.492. The van der Waals surface area contributed by atoms with Crippen LogP contribution in [0.15, 0.2) is 127 Å². The lowest BCUT2D eigenvalue weighted by atomic mass is 9.70. The number of amides is 2. The number of hydrogen-bond donors (Lipinski definition) is 7. The third-order valence-electron chi connectivity index (χ3n) is 10.8. The predicted octanol–water partition coefficient (Wildman–Crippen LogP) is 6.47. The molecule has 6 aromatic carbocycles. The average molecular weight is 737 g/mol. The number of carbonyl (C=O) groups is 2. The van der Waals surface area contributed by atoms with Crippen molar-refractivity contribution in [2.75, 3.05) is 22.9 Å². The molecule has 0 saturated carbocycles. The fraction of sp³-hybridized carbons (Fsp3) is 0.136. The van der Waals surface area contributed by atoms with Crippen LogP contribution in [0.4, 0.5) is 11.4 Å². The van der Waals surface area contributed by atoms with Gasteiger partial charge in [0.05, 0.1) is 0 Å². The normalized spacial score (nSPS) is 17.0. The quantitative estimate of drug-likeness (QED) is 0.0647. The van der Waals surface area contributed by atoms with Gasteiger partial charge in [0, 0.05) is 35.6 Å². The largest absolute Gasteiger partial charge is 0.508 e. The van der Waals surface area contributed by atoms with Gasteiger partial charge in [0.2, 0.25) is 11.8 Å². The minimum atomic E-state index is -1.56. The molecular weight excluding hydrogens is 700 g/mol. The Morgan fingerprint density at radius 3 is 1.16 bits per heavy atom. The number of hydrogen-bond acceptors (Lipinski definition) is 9. The summed E-state index contributed by atoms with van der Waals surface area (Å²) < 4.78 is 0. The molecule has 8 rings (SSSR count). The summed E-state index contributed by atoms with van der Waals surface area (Å²) in [5, 5.41) is 72.8. The fourth-order valence-electron chi connectivity index (χ4n) is 8.35. The molecule has 0 spiro atoms. The number of unbranched alkanes of at least 4 members (excludes halogenated alkanes) is 1. The topological polar surface area (TPSA) is 182 Å². The first-order chi connectivity index (χ1) is 26.5. The highest BCUT2D eigenvalue weighted by Gasteiger charge is 2.55. The minimum absolute atomic E-state index is 0.0414. The highest BCUT2D eigenvalue weighted by molar-refractivity contribution is 6.14. The molecule has 6 aromatic rings. The zero-order valence-corrected chi connectivity index (χ0v) is 29.3. The van der Waals surface area contributed by atoms with Gasteiger partial charge in [0.1, 0.15) is 16.6 Å². The van der Waals surface area contributed by atoms with E-state index in [0.29, 0.717) is 57.6 Å². The van der Waals surface area contributed by atoms with Crippen LogP contribution in [0.5, 0.6) is 40.2 Å². The van der Waals surface area contributed by atoms with Gasteiger partial charge in [-0.15, -0.1) is 0 Å². The van der Waals surface area contributed by atoms with Gasteiger partial charge < -0.3 is 45.5 Å². The molecule has 11 heteroatoms. The summed E-state index contributed by atoms with van der Waals surface area (Å²) in [5.41, 5.74) is 1.01. The van der Waals surface area contributed by atoms with Crippen LogP contribution in [0.2, 0.25) is 0 Å². The number of benzene rings is 6. The number of phenolic OH excluding ortho intramolecular Hbond substituents is 7. The highest BCUT2D eigenvalue weighted by atomic mass is 16.3. The molecule has 7 N–H and O–H groups in total. The fourth-order valence-corrected chi connectivity index (χ4v) is 8.35. The molecule has 55 heavy (non-hydrogen) atoms. The van der Waals surface area contributed by atoms with Gasteiger partial charge in [0.25, 0.3) is 0 Å². The van der Waals surface area contributed by atoms with Crippen LogP contribution in [0.3, 0.4) is 0 Å². The van der Waals surface area contributed by atoms with Gasteiger partial charge in [-0.25, -0.2) is 0 Å². The van der Waals surface area contributed by atoms with E-state index < -0.39 is 28.1 Å². The van der Waals surface area contributed by atoms with Crippen molar-refractivity contribution in [2.24, 2.45) is 0 Å². The summed E-state index contributed by atoms with van der Waals surface area (Å²) in [7, 11) is 0. The van der Waals surface area contributed by atoms with Crippen molar-refractivity contribution in [2.45, 2.75) is 23.7 Å². The van der Waals surface area contributed by atoms with Gasteiger partial charge in [0.15, 0.2) is 34.5 Å². The van der Waals surface area contributed by atoms with Gasteiger partial charge in [-0.3, -0.25) is 9.59 Å². The standard InChI is InChI=1S/C44H36N2O9/c47-30-9-7-8-26(22-30)43(27-14-17-35(48)38(51)23-27)31-10-1-3-12-33(31)45(41(43)54)20-5-6-21-46-34-13-4-2-11-32(34)44(42(46)55,28-15-18-36(49)39(52)24-28)29-16-19-37(50)40(53)25-29/h1-4,7-19,22-25,47-53H,5-6,20-21H2. The van der Waals surface area contributed by atoms with E-state index in [-0.39, 0.29) is 47.9 Å². The number of carbonyl (C=O) groups excluding carboxylic acids is 2. The summed E-state index contributed by atoms with van der Waals surface area (Å²) in [6.07, 6.45) is 0.902. The second kappa shape index (κ2) is 13.1. The Morgan fingerprint density at radius 2 is 0.782 bits per heavy atom. The molecule has 1 unspecified atom stereocenters.